The fourth-order valence-corrected chi connectivity index (χ4v) is 9.47. The largest absolute Gasteiger partial charge is 0.508 e. The van der Waals surface area contributed by atoms with Gasteiger partial charge < -0.3 is 15.1 Å². The molecule has 0 bridgehead atoms. The first-order valence-corrected chi connectivity index (χ1v) is 17.8. The second-order valence-electron chi connectivity index (χ2n) is 14.7. The predicted molar refractivity (Wildman–Crippen MR) is 182 cm³/mol. The summed E-state index contributed by atoms with van der Waals surface area (Å²) in [7, 11) is 0. The van der Waals surface area contributed by atoms with Crippen molar-refractivity contribution < 1.29 is 19.4 Å². The first kappa shape index (κ1) is 32.7. The van der Waals surface area contributed by atoms with Crippen molar-refractivity contribution in [2.24, 2.45) is 23.2 Å². The van der Waals surface area contributed by atoms with E-state index in [9.17, 15) is 15.0 Å². The third-order valence-electron chi connectivity index (χ3n) is 11.8. The number of unbranched alkanes of at least 4 members (excludes halogenated alkanes) is 1. The van der Waals surface area contributed by atoms with Crippen LogP contribution < -0.4 is 0 Å². The van der Waals surface area contributed by atoms with Gasteiger partial charge in [0.15, 0.2) is 0 Å². The molecule has 3 aliphatic carbocycles. The number of fused-ring (bicyclic) bond motifs is 5. The van der Waals surface area contributed by atoms with Gasteiger partial charge in [-0.1, -0.05) is 80.1 Å². The van der Waals surface area contributed by atoms with Gasteiger partial charge >= 0.3 is 0 Å². The molecule has 6 unspecified atom stereocenters. The van der Waals surface area contributed by atoms with Crippen molar-refractivity contribution in [1.82, 2.24) is 4.90 Å². The molecule has 7 atom stereocenters. The zero-order valence-corrected chi connectivity index (χ0v) is 27.5. The molecule has 0 saturated heterocycles. The van der Waals surface area contributed by atoms with Crippen LogP contribution in [0.1, 0.15) is 92.9 Å². The number of amides is 1. The molecule has 46 heavy (non-hydrogen) atoms. The SMILES string of the molecule is C[C@]12CC(F)C3c4ccc(O)cc4CC(CCCCN(CCCc4ccccc4)C(=O)CCCc4ccccc4)C3C1CCC2O. The van der Waals surface area contributed by atoms with Crippen molar-refractivity contribution in [3.63, 3.8) is 0 Å². The topological polar surface area (TPSA) is 60.8 Å². The van der Waals surface area contributed by atoms with Crippen molar-refractivity contribution in [2.45, 2.75) is 102 Å². The molecule has 5 heteroatoms. The molecule has 1 amide bonds. The summed E-state index contributed by atoms with van der Waals surface area (Å²) >= 11 is 0. The number of carbonyl (C=O) groups excluding carboxylic acids is 1. The maximum absolute atomic E-state index is 16.1. The molecule has 0 aromatic heterocycles. The van der Waals surface area contributed by atoms with Gasteiger partial charge in [-0.15, -0.1) is 0 Å². The van der Waals surface area contributed by atoms with Crippen LogP contribution in [0.3, 0.4) is 0 Å². The van der Waals surface area contributed by atoms with Crippen molar-refractivity contribution in [3.05, 3.63) is 101 Å². The maximum atomic E-state index is 16.1. The highest BCUT2D eigenvalue weighted by molar-refractivity contribution is 5.76. The maximum Gasteiger partial charge on any atom is 0.222 e. The van der Waals surface area contributed by atoms with Crippen LogP contribution in [0.4, 0.5) is 4.39 Å². The molecule has 4 nitrogen and oxygen atoms in total. The smallest absolute Gasteiger partial charge is 0.222 e. The van der Waals surface area contributed by atoms with Gasteiger partial charge in [-0.3, -0.25) is 4.79 Å². The van der Waals surface area contributed by atoms with Gasteiger partial charge in [0.25, 0.3) is 0 Å². The zero-order chi connectivity index (χ0) is 32.1. The monoisotopic (exact) mass is 625 g/mol. The van der Waals surface area contributed by atoms with E-state index in [0.29, 0.717) is 24.7 Å². The third-order valence-corrected chi connectivity index (χ3v) is 11.8. The van der Waals surface area contributed by atoms with Crippen molar-refractivity contribution in [1.29, 1.82) is 0 Å². The quantitative estimate of drug-likeness (QED) is 0.188. The van der Waals surface area contributed by atoms with Crippen LogP contribution in [0.2, 0.25) is 0 Å². The fraction of sp³-hybridized carbons (Fsp3) is 0.537. The highest BCUT2D eigenvalue weighted by Gasteiger charge is 2.59. The van der Waals surface area contributed by atoms with Crippen LogP contribution in [-0.2, 0) is 24.1 Å². The number of carbonyl (C=O) groups is 1. The second kappa shape index (κ2) is 14.7. The summed E-state index contributed by atoms with van der Waals surface area (Å²) < 4.78 is 16.1. The third kappa shape index (κ3) is 7.20. The Bertz CT molecular complexity index is 1430. The molecule has 0 aliphatic heterocycles. The Hall–Kier alpha value is -3.18. The molecule has 3 aromatic carbocycles. The van der Waals surface area contributed by atoms with E-state index in [-0.39, 0.29) is 28.9 Å². The van der Waals surface area contributed by atoms with Gasteiger partial charge in [0.1, 0.15) is 11.9 Å². The van der Waals surface area contributed by atoms with Gasteiger partial charge in [0.05, 0.1) is 6.10 Å². The van der Waals surface area contributed by atoms with E-state index in [0.717, 1.165) is 88.4 Å². The number of rotatable bonds is 13. The number of nitrogens with zero attached hydrogens (tertiary/aromatic N) is 1. The van der Waals surface area contributed by atoms with E-state index in [2.05, 4.69) is 60.4 Å². The Morgan fingerprint density at radius 1 is 0.891 bits per heavy atom. The van der Waals surface area contributed by atoms with Crippen LogP contribution in [0.25, 0.3) is 0 Å². The zero-order valence-electron chi connectivity index (χ0n) is 27.5. The summed E-state index contributed by atoms with van der Waals surface area (Å²) in [5.41, 5.74) is 4.37. The Kier molecular flexibility index (Phi) is 10.5. The summed E-state index contributed by atoms with van der Waals surface area (Å²) in [6, 6.07) is 26.4. The number of alkyl halides is 1. The van der Waals surface area contributed by atoms with E-state index < -0.39 is 12.3 Å². The van der Waals surface area contributed by atoms with Gasteiger partial charge in [-0.25, -0.2) is 4.39 Å². The normalized spacial score (nSPS) is 28.2. The molecule has 3 aromatic rings. The van der Waals surface area contributed by atoms with E-state index in [1.54, 1.807) is 6.07 Å². The number of aliphatic hydroxyl groups excluding tert-OH is 1. The first-order chi connectivity index (χ1) is 22.3. The lowest BCUT2D eigenvalue weighted by Crippen LogP contribution is -2.51. The van der Waals surface area contributed by atoms with E-state index in [1.165, 1.54) is 11.1 Å². The van der Waals surface area contributed by atoms with E-state index in [4.69, 9.17) is 0 Å². The van der Waals surface area contributed by atoms with Gasteiger partial charge in [0.2, 0.25) is 5.91 Å². The molecule has 2 N–H and O–H groups in total. The van der Waals surface area contributed by atoms with Crippen LogP contribution in [0.15, 0.2) is 78.9 Å². The minimum absolute atomic E-state index is 0.168. The molecule has 246 valence electrons. The van der Waals surface area contributed by atoms with Crippen LogP contribution in [0.5, 0.6) is 5.75 Å². The number of aliphatic hydroxyl groups is 1. The Morgan fingerprint density at radius 2 is 1.57 bits per heavy atom. The van der Waals surface area contributed by atoms with E-state index in [1.807, 2.05) is 24.3 Å². The second-order valence-corrected chi connectivity index (χ2v) is 14.7. The predicted octanol–water partition coefficient (Wildman–Crippen LogP) is 8.44. The van der Waals surface area contributed by atoms with Crippen LogP contribution >= 0.6 is 0 Å². The summed E-state index contributed by atoms with van der Waals surface area (Å²) in [6.07, 6.45) is 8.69. The molecule has 2 fully saturated rings. The van der Waals surface area contributed by atoms with Crippen LogP contribution in [0, 0.1) is 23.2 Å². The molecular weight excluding hydrogens is 573 g/mol. The Morgan fingerprint density at radius 3 is 2.28 bits per heavy atom. The first-order valence-electron chi connectivity index (χ1n) is 17.8. The van der Waals surface area contributed by atoms with Gasteiger partial charge in [0, 0.05) is 25.4 Å². The van der Waals surface area contributed by atoms with Crippen molar-refractivity contribution >= 4 is 5.91 Å². The highest BCUT2D eigenvalue weighted by atomic mass is 19.1. The van der Waals surface area contributed by atoms with Crippen molar-refractivity contribution in [3.8, 4) is 5.75 Å². The molecule has 2 saturated carbocycles. The molecule has 0 radical (unpaired) electrons. The molecule has 0 spiro atoms. The molecule has 0 heterocycles. The van der Waals surface area contributed by atoms with Gasteiger partial charge in [-0.05, 0) is 122 Å². The number of benzene rings is 3. The number of hydrogen-bond acceptors (Lipinski definition) is 3. The number of phenols is 1. The fourth-order valence-electron chi connectivity index (χ4n) is 9.47. The standard InChI is InChI=1S/C41H52FNO3/c1-41-28-36(42)40-34-21-20-33(44)27-32(34)26-31(39(40)35(41)22-23-37(41)45)18-8-9-24-43(25-11-17-30-14-6-3-7-15-30)38(46)19-10-16-29-12-4-2-5-13-29/h2-7,12-15,20-21,27,31,35-37,39-40,44-45H,8-11,16-19,22-26,28H2,1H3/t31?,35?,36?,37?,39?,40?,41-/m0/s1. The Balaban J connectivity index is 1.10. The summed E-state index contributed by atoms with van der Waals surface area (Å²) in [5.74, 6) is 1.14. The van der Waals surface area contributed by atoms with Crippen LogP contribution in [-0.4, -0.2) is 46.4 Å². The number of phenolic OH excluding ortho intramolecular Hbond substituents is 1. The number of aromatic hydroxyl groups is 1. The number of aryl methyl sites for hydroxylation is 2. The minimum Gasteiger partial charge on any atom is -0.508 e. The van der Waals surface area contributed by atoms with Crippen molar-refractivity contribution in [2.75, 3.05) is 13.1 Å². The Labute approximate surface area is 275 Å². The highest BCUT2D eigenvalue weighted by Crippen LogP contribution is 2.63. The summed E-state index contributed by atoms with van der Waals surface area (Å²) in [6.45, 7) is 3.64. The average Bonchev–Trinajstić information content (AvgIpc) is 3.35. The lowest BCUT2D eigenvalue weighted by Gasteiger charge is -2.54. The molecule has 3 aliphatic rings. The average molecular weight is 626 g/mol. The van der Waals surface area contributed by atoms with E-state index >= 15 is 4.39 Å². The molecule has 6 rings (SSSR count). The number of halogens is 1. The molecular formula is C41H52FNO3. The lowest BCUT2D eigenvalue weighted by molar-refractivity contribution is -0.131. The summed E-state index contributed by atoms with van der Waals surface area (Å²) in [4.78, 5) is 15.6. The number of hydrogen-bond donors (Lipinski definition) is 2. The minimum atomic E-state index is -0.987. The lowest BCUT2D eigenvalue weighted by atomic mass is 9.51. The summed E-state index contributed by atoms with van der Waals surface area (Å²) in [5, 5.41) is 21.3. The van der Waals surface area contributed by atoms with Gasteiger partial charge in [-0.2, -0.15) is 0 Å².